The number of nitrogens with one attached hydrogen (secondary N) is 1. The first-order chi connectivity index (χ1) is 12.7. The van der Waals surface area contributed by atoms with Crippen LogP contribution in [0.3, 0.4) is 0 Å². The van der Waals surface area contributed by atoms with Gasteiger partial charge in [-0.25, -0.2) is 9.48 Å². The Morgan fingerprint density at radius 1 is 1.31 bits per heavy atom. The number of carbonyl (C=O) groups is 1. The first-order valence-corrected chi connectivity index (χ1v) is 9.42. The highest BCUT2D eigenvalue weighted by atomic mass is 16.5. The second kappa shape index (κ2) is 8.77. The summed E-state index contributed by atoms with van der Waals surface area (Å²) in [6, 6.07) is 0. The zero-order valence-electron chi connectivity index (χ0n) is 15.2. The molecule has 0 aromatic carbocycles. The molecule has 1 amide bonds. The van der Waals surface area contributed by atoms with Crippen molar-refractivity contribution in [1.29, 1.82) is 0 Å². The lowest BCUT2D eigenvalue weighted by Gasteiger charge is -2.09. The van der Waals surface area contributed by atoms with Gasteiger partial charge in [0.1, 0.15) is 5.82 Å². The summed E-state index contributed by atoms with van der Waals surface area (Å²) in [5, 5.41) is 11.1. The summed E-state index contributed by atoms with van der Waals surface area (Å²) in [5.41, 5.74) is -0.0305. The van der Waals surface area contributed by atoms with Crippen molar-refractivity contribution in [1.82, 2.24) is 29.8 Å². The van der Waals surface area contributed by atoms with Crippen molar-refractivity contribution in [2.24, 2.45) is 0 Å². The van der Waals surface area contributed by atoms with Gasteiger partial charge in [-0.1, -0.05) is 12.1 Å². The molecule has 9 nitrogen and oxygen atoms in total. The molecule has 0 atom stereocenters. The average Bonchev–Trinajstić information content (AvgIpc) is 3.24. The minimum atomic E-state index is -0.0305. The SMILES string of the molecule is CCc1noc(CCCC(=O)NCCCn2nc3n(c2=O)CCCC3)n1. The van der Waals surface area contributed by atoms with Gasteiger partial charge < -0.3 is 9.84 Å². The predicted octanol–water partition coefficient (Wildman–Crippen LogP) is 0.856. The lowest BCUT2D eigenvalue weighted by molar-refractivity contribution is -0.121. The lowest BCUT2D eigenvalue weighted by atomic mass is 10.2. The maximum Gasteiger partial charge on any atom is 0.345 e. The van der Waals surface area contributed by atoms with Gasteiger partial charge in [0.15, 0.2) is 5.82 Å². The number of hydrogen-bond acceptors (Lipinski definition) is 6. The van der Waals surface area contributed by atoms with Crippen LogP contribution in [0, 0.1) is 0 Å². The molecule has 0 bridgehead atoms. The minimum absolute atomic E-state index is 0.00304. The molecule has 0 aliphatic carbocycles. The molecule has 1 N–H and O–H groups in total. The second-order valence-electron chi connectivity index (χ2n) is 6.55. The number of aromatic nitrogens is 5. The van der Waals surface area contributed by atoms with E-state index in [9.17, 15) is 9.59 Å². The summed E-state index contributed by atoms with van der Waals surface area (Å²) in [5.74, 6) is 2.16. The average molecular weight is 362 g/mol. The molecule has 9 heteroatoms. The van der Waals surface area contributed by atoms with E-state index in [4.69, 9.17) is 4.52 Å². The second-order valence-corrected chi connectivity index (χ2v) is 6.55. The van der Waals surface area contributed by atoms with Crippen molar-refractivity contribution in [2.45, 2.75) is 71.4 Å². The van der Waals surface area contributed by atoms with Crippen molar-refractivity contribution in [2.75, 3.05) is 6.54 Å². The smallest absolute Gasteiger partial charge is 0.345 e. The monoisotopic (exact) mass is 362 g/mol. The molecule has 0 saturated heterocycles. The van der Waals surface area contributed by atoms with E-state index in [1.165, 1.54) is 4.68 Å². The Kier molecular flexibility index (Phi) is 6.19. The molecule has 142 valence electrons. The zero-order chi connectivity index (χ0) is 18.4. The van der Waals surface area contributed by atoms with Crippen molar-refractivity contribution in [3.05, 3.63) is 28.0 Å². The largest absolute Gasteiger partial charge is 0.356 e. The van der Waals surface area contributed by atoms with Crippen LogP contribution in [0.4, 0.5) is 0 Å². The van der Waals surface area contributed by atoms with E-state index in [1.54, 1.807) is 4.57 Å². The highest BCUT2D eigenvalue weighted by Crippen LogP contribution is 2.09. The van der Waals surface area contributed by atoms with Crippen LogP contribution in [0.1, 0.15) is 56.6 Å². The number of fused-ring (bicyclic) bond motifs is 1. The number of nitrogens with zero attached hydrogens (tertiary/aromatic N) is 5. The molecule has 3 rings (SSSR count). The van der Waals surface area contributed by atoms with Gasteiger partial charge in [-0.3, -0.25) is 9.36 Å². The van der Waals surface area contributed by atoms with Gasteiger partial charge in [0, 0.05) is 45.3 Å². The summed E-state index contributed by atoms with van der Waals surface area (Å²) >= 11 is 0. The van der Waals surface area contributed by atoms with Crippen LogP contribution in [0.5, 0.6) is 0 Å². The van der Waals surface area contributed by atoms with E-state index in [0.717, 1.165) is 38.1 Å². The third-order valence-corrected chi connectivity index (χ3v) is 4.52. The standard InChI is InChI=1S/C17H26N6O3/c1-2-13-19-16(26-21-13)9-5-8-15(24)18-10-6-12-23-17(25)22-11-4-3-7-14(22)20-23/h2-12H2,1H3,(H,18,24). The lowest BCUT2D eigenvalue weighted by Crippen LogP contribution is -2.29. The fourth-order valence-electron chi connectivity index (χ4n) is 3.07. The molecule has 1 aliphatic rings. The van der Waals surface area contributed by atoms with Gasteiger partial charge in [-0.15, -0.1) is 0 Å². The van der Waals surface area contributed by atoms with Crippen LogP contribution in [0.25, 0.3) is 0 Å². The predicted molar refractivity (Wildman–Crippen MR) is 93.7 cm³/mol. The summed E-state index contributed by atoms with van der Waals surface area (Å²) < 4.78 is 8.39. The van der Waals surface area contributed by atoms with Gasteiger partial charge in [0.25, 0.3) is 0 Å². The maximum atomic E-state index is 12.2. The van der Waals surface area contributed by atoms with Gasteiger partial charge in [0.05, 0.1) is 0 Å². The van der Waals surface area contributed by atoms with Gasteiger partial charge in [-0.2, -0.15) is 10.1 Å². The molecule has 0 radical (unpaired) electrons. The van der Waals surface area contributed by atoms with Crippen LogP contribution in [-0.2, 0) is 37.1 Å². The molecule has 0 fully saturated rings. The van der Waals surface area contributed by atoms with Crippen LogP contribution in [-0.4, -0.2) is 36.9 Å². The maximum absolute atomic E-state index is 12.2. The van der Waals surface area contributed by atoms with Crippen LogP contribution in [0.15, 0.2) is 9.32 Å². The molecule has 2 aromatic rings. The van der Waals surface area contributed by atoms with E-state index in [2.05, 4.69) is 20.6 Å². The Bertz CT molecular complexity index is 791. The number of rotatable bonds is 9. The van der Waals surface area contributed by atoms with E-state index in [1.807, 2.05) is 6.92 Å². The number of amides is 1. The zero-order valence-corrected chi connectivity index (χ0v) is 15.2. The third-order valence-electron chi connectivity index (χ3n) is 4.52. The van der Waals surface area contributed by atoms with E-state index in [-0.39, 0.29) is 11.6 Å². The molecule has 3 heterocycles. The van der Waals surface area contributed by atoms with Crippen molar-refractivity contribution in [3.8, 4) is 0 Å². The van der Waals surface area contributed by atoms with Crippen LogP contribution in [0.2, 0.25) is 0 Å². The normalized spacial score (nSPS) is 13.6. The Balaban J connectivity index is 1.33. The van der Waals surface area contributed by atoms with E-state index < -0.39 is 0 Å². The van der Waals surface area contributed by atoms with Gasteiger partial charge >= 0.3 is 5.69 Å². The van der Waals surface area contributed by atoms with Crippen molar-refractivity contribution >= 4 is 5.91 Å². The Morgan fingerprint density at radius 3 is 2.96 bits per heavy atom. The molecule has 1 aliphatic heterocycles. The first-order valence-electron chi connectivity index (χ1n) is 9.42. The molecule has 26 heavy (non-hydrogen) atoms. The molecule has 0 spiro atoms. The topological polar surface area (TPSA) is 108 Å². The molecule has 2 aromatic heterocycles. The molecule has 0 saturated carbocycles. The Morgan fingerprint density at radius 2 is 2.19 bits per heavy atom. The van der Waals surface area contributed by atoms with E-state index in [0.29, 0.717) is 50.5 Å². The molecular weight excluding hydrogens is 336 g/mol. The number of aryl methyl sites for hydroxylation is 4. The van der Waals surface area contributed by atoms with Gasteiger partial charge in [-0.05, 0) is 25.7 Å². The summed E-state index contributed by atoms with van der Waals surface area (Å²) in [7, 11) is 0. The fourth-order valence-corrected chi connectivity index (χ4v) is 3.07. The third kappa shape index (κ3) is 4.59. The van der Waals surface area contributed by atoms with E-state index >= 15 is 0 Å². The highest BCUT2D eigenvalue weighted by Gasteiger charge is 2.16. The highest BCUT2D eigenvalue weighted by molar-refractivity contribution is 5.75. The Labute approximate surface area is 151 Å². The summed E-state index contributed by atoms with van der Waals surface area (Å²) in [6.45, 7) is 3.80. The van der Waals surface area contributed by atoms with Crippen molar-refractivity contribution < 1.29 is 9.32 Å². The summed E-state index contributed by atoms with van der Waals surface area (Å²) in [4.78, 5) is 28.3. The molecular formula is C17H26N6O3. The first kappa shape index (κ1) is 18.3. The minimum Gasteiger partial charge on any atom is -0.356 e. The van der Waals surface area contributed by atoms with Crippen molar-refractivity contribution in [3.63, 3.8) is 0 Å². The quantitative estimate of drug-likeness (QED) is 0.663. The molecule has 0 unspecified atom stereocenters. The fraction of sp³-hybridized carbons (Fsp3) is 0.706. The van der Waals surface area contributed by atoms with Gasteiger partial charge in [0.2, 0.25) is 11.8 Å². The van der Waals surface area contributed by atoms with Crippen LogP contribution < -0.4 is 11.0 Å². The summed E-state index contributed by atoms with van der Waals surface area (Å²) in [6.07, 6.45) is 6.13. The Hall–Kier alpha value is -2.45. The van der Waals surface area contributed by atoms with Crippen LogP contribution >= 0.6 is 0 Å². The number of carbonyl (C=O) groups excluding carboxylic acids is 1. The number of hydrogen-bond donors (Lipinski definition) is 1.